The van der Waals surface area contributed by atoms with Crippen LogP contribution in [0.15, 0.2) is 44.4 Å². The number of ketones is 1. The first-order valence-corrected chi connectivity index (χ1v) is 9.80. The van der Waals surface area contributed by atoms with Gasteiger partial charge in [0.2, 0.25) is 0 Å². The molecule has 1 aliphatic carbocycles. The Hall–Kier alpha value is -2.87. The Balaban J connectivity index is 1.79. The van der Waals surface area contributed by atoms with E-state index in [0.29, 0.717) is 17.5 Å². The molecule has 1 unspecified atom stereocenters. The molecule has 1 aromatic heterocycles. The Labute approximate surface area is 155 Å². The molecule has 0 amide bonds. The molecule has 0 aliphatic heterocycles. The van der Waals surface area contributed by atoms with Crippen molar-refractivity contribution in [1.29, 1.82) is 0 Å². The van der Waals surface area contributed by atoms with E-state index >= 15 is 0 Å². The number of Topliss-reactive ketones (excluding diaryl/α,β-unsaturated/α-hetero) is 1. The van der Waals surface area contributed by atoms with Crippen molar-refractivity contribution < 1.29 is 21.8 Å². The number of oxazole rings is 1. The molecule has 4 rings (SSSR count). The summed E-state index contributed by atoms with van der Waals surface area (Å²) in [6.45, 7) is 3.82. The van der Waals surface area contributed by atoms with Crippen molar-refractivity contribution in [2.24, 2.45) is 7.05 Å². The van der Waals surface area contributed by atoms with Gasteiger partial charge >= 0.3 is 15.9 Å². The molecule has 0 saturated heterocycles. The second-order valence-electron chi connectivity index (χ2n) is 6.79. The lowest BCUT2D eigenvalue weighted by molar-refractivity contribution is 0.0989. The van der Waals surface area contributed by atoms with Gasteiger partial charge in [-0.25, -0.2) is 4.79 Å². The van der Waals surface area contributed by atoms with E-state index in [1.54, 1.807) is 6.07 Å². The van der Waals surface area contributed by atoms with Crippen molar-refractivity contribution >= 4 is 27.0 Å². The van der Waals surface area contributed by atoms with Crippen LogP contribution in [0.2, 0.25) is 0 Å². The van der Waals surface area contributed by atoms with Crippen molar-refractivity contribution in [3.8, 4) is 5.75 Å². The summed E-state index contributed by atoms with van der Waals surface area (Å²) in [7, 11) is -2.68. The molecule has 0 bridgehead atoms. The normalized spacial score (nSPS) is 16.7. The second kappa shape index (κ2) is 5.82. The highest BCUT2D eigenvalue weighted by Crippen LogP contribution is 2.41. The molecular weight excluding hydrogens is 370 g/mol. The van der Waals surface area contributed by atoms with Crippen molar-refractivity contribution in [1.82, 2.24) is 4.57 Å². The van der Waals surface area contributed by atoms with Crippen LogP contribution in [0.5, 0.6) is 5.75 Å². The lowest BCUT2D eigenvalue weighted by atomic mass is 9.98. The summed E-state index contributed by atoms with van der Waals surface area (Å²) in [5.41, 5.74) is 2.71. The number of aryl methyl sites for hydroxylation is 2. The highest BCUT2D eigenvalue weighted by molar-refractivity contribution is 7.87. The Bertz CT molecular complexity index is 1270. The van der Waals surface area contributed by atoms with Crippen LogP contribution in [0.1, 0.15) is 40.7 Å². The number of fused-ring (bicyclic) bond motifs is 2. The van der Waals surface area contributed by atoms with Crippen molar-refractivity contribution in [2.75, 3.05) is 0 Å². The van der Waals surface area contributed by atoms with Crippen molar-refractivity contribution in [3.63, 3.8) is 0 Å². The molecular formula is C19H17NO6S. The molecule has 0 fully saturated rings. The lowest BCUT2D eigenvalue weighted by Crippen LogP contribution is -2.12. The average molecular weight is 387 g/mol. The van der Waals surface area contributed by atoms with Gasteiger partial charge in [-0.1, -0.05) is 13.0 Å². The SMILES string of the molecule is Cc1ccc(OS(=O)(=O)c2ccc3c(c2)oc(=O)n3C)c2c1C(C)CC2=O. The molecule has 8 heteroatoms. The Morgan fingerprint density at radius 3 is 2.67 bits per heavy atom. The molecule has 1 aliphatic rings. The van der Waals surface area contributed by atoms with Crippen LogP contribution >= 0.6 is 0 Å². The molecule has 27 heavy (non-hydrogen) atoms. The molecule has 0 saturated carbocycles. The number of benzene rings is 2. The van der Waals surface area contributed by atoms with Crippen LogP contribution in [-0.4, -0.2) is 18.8 Å². The van der Waals surface area contributed by atoms with E-state index in [4.69, 9.17) is 8.60 Å². The summed E-state index contributed by atoms with van der Waals surface area (Å²) in [4.78, 5) is 23.8. The van der Waals surface area contributed by atoms with E-state index in [0.717, 1.165) is 11.1 Å². The lowest BCUT2D eigenvalue weighted by Gasteiger charge is -2.13. The van der Waals surface area contributed by atoms with Crippen molar-refractivity contribution in [2.45, 2.75) is 31.1 Å². The van der Waals surface area contributed by atoms with E-state index in [1.807, 2.05) is 13.8 Å². The summed E-state index contributed by atoms with van der Waals surface area (Å²) in [5.74, 6) is -0.666. The number of hydrogen-bond acceptors (Lipinski definition) is 6. The number of nitrogens with zero attached hydrogens (tertiary/aromatic N) is 1. The van der Waals surface area contributed by atoms with Gasteiger partial charge in [0.25, 0.3) is 0 Å². The third-order valence-electron chi connectivity index (χ3n) is 4.94. The van der Waals surface area contributed by atoms with E-state index < -0.39 is 15.9 Å². The molecule has 3 aromatic rings. The minimum atomic E-state index is -4.21. The first kappa shape index (κ1) is 17.5. The quantitative estimate of drug-likeness (QED) is 0.641. The molecule has 1 atom stereocenters. The standard InChI is InChI=1S/C19H17NO6S/c1-10-4-7-15(18-14(21)8-11(2)17(10)18)26-27(23,24)12-5-6-13-16(9-12)25-19(22)20(13)3/h4-7,9,11H,8H2,1-3H3. The fourth-order valence-corrected chi connectivity index (χ4v) is 4.57. The fourth-order valence-electron chi connectivity index (χ4n) is 3.61. The predicted molar refractivity (Wildman–Crippen MR) is 97.8 cm³/mol. The van der Waals surface area contributed by atoms with Gasteiger partial charge in [-0.3, -0.25) is 9.36 Å². The Morgan fingerprint density at radius 1 is 1.19 bits per heavy atom. The number of carbonyl (C=O) groups excluding carboxylic acids is 1. The summed E-state index contributed by atoms with van der Waals surface area (Å²) < 4.78 is 37.1. The molecule has 7 nitrogen and oxygen atoms in total. The maximum absolute atomic E-state index is 12.7. The summed E-state index contributed by atoms with van der Waals surface area (Å²) >= 11 is 0. The van der Waals surface area contributed by atoms with Gasteiger partial charge in [-0.15, -0.1) is 0 Å². The zero-order valence-electron chi connectivity index (χ0n) is 15.0. The van der Waals surface area contributed by atoms with Gasteiger partial charge in [-0.05, 0) is 42.2 Å². The fraction of sp³-hybridized carbons (Fsp3) is 0.263. The van der Waals surface area contributed by atoms with Gasteiger partial charge in [-0.2, -0.15) is 8.42 Å². The van der Waals surface area contributed by atoms with E-state index in [9.17, 15) is 18.0 Å². The maximum Gasteiger partial charge on any atom is 0.419 e. The third kappa shape index (κ3) is 2.68. The molecule has 0 radical (unpaired) electrons. The van der Waals surface area contributed by atoms with Crippen LogP contribution < -0.4 is 9.94 Å². The number of carbonyl (C=O) groups is 1. The molecule has 0 spiro atoms. The minimum Gasteiger partial charge on any atom is -0.408 e. The highest BCUT2D eigenvalue weighted by Gasteiger charge is 2.33. The molecule has 0 N–H and O–H groups in total. The van der Waals surface area contributed by atoms with Crippen LogP contribution in [0.25, 0.3) is 11.1 Å². The highest BCUT2D eigenvalue weighted by atomic mass is 32.2. The van der Waals surface area contributed by atoms with E-state index in [2.05, 4.69) is 0 Å². The smallest absolute Gasteiger partial charge is 0.408 e. The van der Waals surface area contributed by atoms with Crippen LogP contribution in [-0.2, 0) is 17.2 Å². The van der Waals surface area contributed by atoms with Gasteiger partial charge in [0.05, 0.1) is 11.1 Å². The Morgan fingerprint density at radius 2 is 1.93 bits per heavy atom. The summed E-state index contributed by atoms with van der Waals surface area (Å²) in [5, 5.41) is 0. The van der Waals surface area contributed by atoms with Crippen LogP contribution in [0.4, 0.5) is 0 Å². The summed E-state index contributed by atoms with van der Waals surface area (Å²) in [6.07, 6.45) is 0.331. The third-order valence-corrected chi connectivity index (χ3v) is 6.17. The first-order valence-electron chi connectivity index (χ1n) is 8.40. The number of aromatic nitrogens is 1. The number of rotatable bonds is 3. The van der Waals surface area contributed by atoms with E-state index in [-0.39, 0.29) is 27.9 Å². The van der Waals surface area contributed by atoms with Gasteiger partial charge in [0.15, 0.2) is 17.1 Å². The van der Waals surface area contributed by atoms with Gasteiger partial charge in [0.1, 0.15) is 4.90 Å². The Kier molecular flexibility index (Phi) is 3.78. The zero-order chi connectivity index (χ0) is 19.5. The topological polar surface area (TPSA) is 95.6 Å². The molecule has 1 heterocycles. The second-order valence-corrected chi connectivity index (χ2v) is 8.34. The molecule has 2 aromatic carbocycles. The summed E-state index contributed by atoms with van der Waals surface area (Å²) in [6, 6.07) is 7.31. The first-order chi connectivity index (χ1) is 12.7. The van der Waals surface area contributed by atoms with Gasteiger partial charge in [0, 0.05) is 19.5 Å². The predicted octanol–water partition coefficient (Wildman–Crippen LogP) is 2.90. The maximum atomic E-state index is 12.7. The van der Waals surface area contributed by atoms with Crippen LogP contribution in [0.3, 0.4) is 0 Å². The average Bonchev–Trinajstić information content (AvgIpc) is 3.06. The minimum absolute atomic E-state index is 0.0219. The van der Waals surface area contributed by atoms with E-state index in [1.165, 1.54) is 35.9 Å². The zero-order valence-corrected chi connectivity index (χ0v) is 15.8. The van der Waals surface area contributed by atoms with Crippen LogP contribution in [0, 0.1) is 6.92 Å². The monoisotopic (exact) mass is 387 g/mol. The van der Waals surface area contributed by atoms with Crippen molar-refractivity contribution in [3.05, 3.63) is 57.6 Å². The largest absolute Gasteiger partial charge is 0.419 e. The number of hydrogen-bond donors (Lipinski definition) is 0. The van der Waals surface area contributed by atoms with Gasteiger partial charge < -0.3 is 8.60 Å². The molecule has 140 valence electrons.